The van der Waals surface area contributed by atoms with E-state index >= 15 is 0 Å². The van der Waals surface area contributed by atoms with Gasteiger partial charge in [0.25, 0.3) is 15.9 Å². The summed E-state index contributed by atoms with van der Waals surface area (Å²) in [6, 6.07) is 10.1. The van der Waals surface area contributed by atoms with Gasteiger partial charge in [-0.1, -0.05) is 48.1 Å². The fraction of sp³-hybridized carbons (Fsp3) is 0.250. The Morgan fingerprint density at radius 1 is 1.07 bits per heavy atom. The summed E-state index contributed by atoms with van der Waals surface area (Å²) in [7, 11) is -3.88. The van der Waals surface area contributed by atoms with Crippen molar-refractivity contribution in [1.29, 1.82) is 0 Å². The number of sulfonamides is 1. The zero-order valence-electron chi connectivity index (χ0n) is 16.6. The summed E-state index contributed by atoms with van der Waals surface area (Å²) in [6.07, 6.45) is 0.721. The third-order valence-electron chi connectivity index (χ3n) is 4.28. The Bertz CT molecular complexity index is 1150. The zero-order chi connectivity index (χ0) is 21.2. The molecule has 2 N–H and O–H groups in total. The summed E-state index contributed by atoms with van der Waals surface area (Å²) >= 11 is 1.28. The van der Waals surface area contributed by atoms with E-state index in [1.807, 2.05) is 26.0 Å². The van der Waals surface area contributed by atoms with Gasteiger partial charge in [0.05, 0.1) is 16.1 Å². The normalized spacial score (nSPS) is 11.3. The molecule has 0 radical (unpaired) electrons. The minimum atomic E-state index is -3.88. The van der Waals surface area contributed by atoms with Crippen molar-refractivity contribution < 1.29 is 13.2 Å². The number of nitrogens with zero attached hydrogens (tertiary/aromatic N) is 2. The second-order valence-electron chi connectivity index (χ2n) is 6.69. The monoisotopic (exact) mass is 430 g/mol. The molecule has 29 heavy (non-hydrogen) atoms. The molecule has 0 atom stereocenters. The molecular weight excluding hydrogens is 408 g/mol. The topological polar surface area (TPSA) is 101 Å². The van der Waals surface area contributed by atoms with E-state index in [-0.39, 0.29) is 16.1 Å². The van der Waals surface area contributed by atoms with Crippen LogP contribution in [0.2, 0.25) is 0 Å². The highest BCUT2D eigenvalue weighted by atomic mass is 32.2. The summed E-state index contributed by atoms with van der Waals surface area (Å²) in [5.41, 5.74) is 2.69. The maximum atomic E-state index is 13.1. The van der Waals surface area contributed by atoms with E-state index in [2.05, 4.69) is 20.2 Å². The molecule has 2 aromatic carbocycles. The average molecular weight is 431 g/mol. The maximum absolute atomic E-state index is 13.1. The molecule has 0 aliphatic heterocycles. The van der Waals surface area contributed by atoms with Gasteiger partial charge < -0.3 is 0 Å². The fourth-order valence-corrected chi connectivity index (χ4v) is 5.38. The first-order valence-electron chi connectivity index (χ1n) is 9.04. The average Bonchev–Trinajstić information content (AvgIpc) is 3.08. The second-order valence-corrected chi connectivity index (χ2v) is 9.37. The van der Waals surface area contributed by atoms with E-state index in [1.54, 1.807) is 38.1 Å². The number of hydrogen-bond acceptors (Lipinski definition) is 6. The predicted octanol–water partition coefficient (Wildman–Crippen LogP) is 4.08. The lowest BCUT2D eigenvalue weighted by Gasteiger charge is -2.15. The standard InChI is InChI=1S/C20H22N4O3S2/c1-5-17-22-23-20(28-17)21-19(25)15-8-6-7-9-16(15)24-29(26,27)18-13(3)10-12(2)11-14(18)4/h6-11,24H,5H2,1-4H3,(H,21,23,25). The molecule has 0 aliphatic rings. The lowest BCUT2D eigenvalue weighted by molar-refractivity contribution is 0.102. The van der Waals surface area contributed by atoms with Gasteiger partial charge in [0.2, 0.25) is 5.13 Å². The number of carbonyl (C=O) groups is 1. The number of anilines is 2. The number of rotatable bonds is 6. The van der Waals surface area contributed by atoms with Gasteiger partial charge in [-0.15, -0.1) is 10.2 Å². The van der Waals surface area contributed by atoms with Crippen LogP contribution in [0.25, 0.3) is 0 Å². The van der Waals surface area contributed by atoms with Crippen LogP contribution in [0, 0.1) is 20.8 Å². The highest BCUT2D eigenvalue weighted by molar-refractivity contribution is 7.92. The number of nitrogens with one attached hydrogen (secondary N) is 2. The molecule has 3 aromatic rings. The van der Waals surface area contributed by atoms with Gasteiger partial charge in [0.15, 0.2) is 0 Å². The van der Waals surface area contributed by atoms with Crippen molar-refractivity contribution in [1.82, 2.24) is 10.2 Å². The largest absolute Gasteiger partial charge is 0.296 e. The molecule has 1 amide bonds. The van der Waals surface area contributed by atoms with Crippen molar-refractivity contribution >= 4 is 38.1 Å². The molecule has 1 heterocycles. The van der Waals surface area contributed by atoms with Crippen LogP contribution < -0.4 is 10.0 Å². The van der Waals surface area contributed by atoms with Gasteiger partial charge in [-0.25, -0.2) is 8.42 Å². The molecule has 152 valence electrons. The molecule has 0 saturated heterocycles. The van der Waals surface area contributed by atoms with Crippen LogP contribution in [-0.2, 0) is 16.4 Å². The number of hydrogen-bond donors (Lipinski definition) is 2. The van der Waals surface area contributed by atoms with E-state index in [9.17, 15) is 13.2 Å². The molecule has 9 heteroatoms. The van der Waals surface area contributed by atoms with Crippen LogP contribution in [-0.4, -0.2) is 24.5 Å². The van der Waals surface area contributed by atoms with Crippen LogP contribution in [0.5, 0.6) is 0 Å². The number of amides is 1. The van der Waals surface area contributed by atoms with Gasteiger partial charge in [-0.05, 0) is 50.5 Å². The number of para-hydroxylation sites is 1. The van der Waals surface area contributed by atoms with Crippen molar-refractivity contribution in [2.75, 3.05) is 10.0 Å². The first kappa shape index (κ1) is 20.9. The van der Waals surface area contributed by atoms with Crippen molar-refractivity contribution in [2.24, 2.45) is 0 Å². The van der Waals surface area contributed by atoms with Gasteiger partial charge in [0, 0.05) is 0 Å². The molecular formula is C20H22N4O3S2. The van der Waals surface area contributed by atoms with Gasteiger partial charge in [-0.2, -0.15) is 0 Å². The highest BCUT2D eigenvalue weighted by Gasteiger charge is 2.23. The molecule has 0 aliphatic carbocycles. The molecule has 0 fully saturated rings. The molecule has 0 spiro atoms. The van der Waals surface area contributed by atoms with Gasteiger partial charge in [0.1, 0.15) is 5.01 Å². The third kappa shape index (κ3) is 4.63. The molecule has 3 rings (SSSR count). The van der Waals surface area contributed by atoms with Crippen LogP contribution in [0.15, 0.2) is 41.3 Å². The quantitative estimate of drug-likeness (QED) is 0.614. The van der Waals surface area contributed by atoms with E-state index in [1.165, 1.54) is 11.3 Å². The Morgan fingerprint density at radius 3 is 2.34 bits per heavy atom. The summed E-state index contributed by atoms with van der Waals surface area (Å²) < 4.78 is 28.7. The maximum Gasteiger partial charge on any atom is 0.262 e. The first-order valence-corrected chi connectivity index (χ1v) is 11.3. The number of aryl methyl sites for hydroxylation is 4. The molecule has 0 saturated carbocycles. The zero-order valence-corrected chi connectivity index (χ0v) is 18.2. The molecule has 1 aromatic heterocycles. The second kappa shape index (κ2) is 8.30. The van der Waals surface area contributed by atoms with E-state index < -0.39 is 15.9 Å². The number of carbonyl (C=O) groups excluding carboxylic acids is 1. The summed E-state index contributed by atoms with van der Waals surface area (Å²) in [6.45, 7) is 7.38. The van der Waals surface area contributed by atoms with E-state index in [4.69, 9.17) is 0 Å². The van der Waals surface area contributed by atoms with Crippen molar-refractivity contribution in [3.8, 4) is 0 Å². The Kier molecular flexibility index (Phi) is 5.99. The highest BCUT2D eigenvalue weighted by Crippen LogP contribution is 2.26. The minimum Gasteiger partial charge on any atom is -0.296 e. The smallest absolute Gasteiger partial charge is 0.262 e. The van der Waals surface area contributed by atoms with Crippen molar-refractivity contribution in [3.63, 3.8) is 0 Å². The molecule has 0 unspecified atom stereocenters. The van der Waals surface area contributed by atoms with Crippen LogP contribution in [0.4, 0.5) is 10.8 Å². The Labute approximate surface area is 174 Å². The predicted molar refractivity (Wildman–Crippen MR) is 115 cm³/mol. The van der Waals surface area contributed by atoms with Crippen molar-refractivity contribution in [3.05, 3.63) is 63.7 Å². The Morgan fingerprint density at radius 2 is 1.72 bits per heavy atom. The molecule has 0 bridgehead atoms. The lowest BCUT2D eigenvalue weighted by Crippen LogP contribution is -2.20. The number of aromatic nitrogens is 2. The minimum absolute atomic E-state index is 0.199. The van der Waals surface area contributed by atoms with Gasteiger partial charge >= 0.3 is 0 Å². The third-order valence-corrected chi connectivity index (χ3v) is 6.93. The van der Waals surface area contributed by atoms with E-state index in [0.29, 0.717) is 16.3 Å². The lowest BCUT2D eigenvalue weighted by atomic mass is 10.1. The summed E-state index contributed by atoms with van der Waals surface area (Å²) in [5.74, 6) is -0.459. The van der Waals surface area contributed by atoms with Crippen LogP contribution in [0.3, 0.4) is 0 Å². The SMILES string of the molecule is CCc1nnc(NC(=O)c2ccccc2NS(=O)(=O)c2c(C)cc(C)cc2C)s1. The van der Waals surface area contributed by atoms with Gasteiger partial charge in [-0.3, -0.25) is 14.8 Å². The van der Waals surface area contributed by atoms with Crippen molar-refractivity contribution in [2.45, 2.75) is 39.0 Å². The first-order chi connectivity index (χ1) is 13.7. The summed E-state index contributed by atoms with van der Waals surface area (Å²) in [4.78, 5) is 12.9. The summed E-state index contributed by atoms with van der Waals surface area (Å²) in [5, 5.41) is 11.8. The van der Waals surface area contributed by atoms with Crippen LogP contribution >= 0.6 is 11.3 Å². The number of benzene rings is 2. The molecule has 7 nitrogen and oxygen atoms in total. The van der Waals surface area contributed by atoms with Crippen LogP contribution in [0.1, 0.15) is 39.0 Å². The Balaban J connectivity index is 1.92. The fourth-order valence-electron chi connectivity index (χ4n) is 3.17. The van der Waals surface area contributed by atoms with E-state index in [0.717, 1.165) is 17.0 Å². The Hall–Kier alpha value is -2.78.